The topological polar surface area (TPSA) is 44.9 Å². The zero-order valence-corrected chi connectivity index (χ0v) is 8.64. The molecule has 0 radical (unpaired) electrons. The summed E-state index contributed by atoms with van der Waals surface area (Å²) in [7, 11) is 0. The van der Waals surface area contributed by atoms with Gasteiger partial charge >= 0.3 is 0 Å². The summed E-state index contributed by atoms with van der Waals surface area (Å²) in [5.74, 6) is -0.365. The van der Waals surface area contributed by atoms with Crippen molar-refractivity contribution in [3.05, 3.63) is 45.5 Å². The largest absolute Gasteiger partial charge is 0.355 e. The lowest BCUT2D eigenvalue weighted by Gasteiger charge is -2.17. The van der Waals surface area contributed by atoms with Gasteiger partial charge in [-0.15, -0.1) is 0 Å². The van der Waals surface area contributed by atoms with Gasteiger partial charge in [0.1, 0.15) is 5.82 Å². The summed E-state index contributed by atoms with van der Waals surface area (Å²) in [5.41, 5.74) is 1.87. The van der Waals surface area contributed by atoms with Crippen LogP contribution < -0.4 is 10.7 Å². The summed E-state index contributed by atoms with van der Waals surface area (Å²) in [6, 6.07) is 4.59. The van der Waals surface area contributed by atoms with E-state index in [2.05, 4.69) is 10.3 Å². The number of aromatic amines is 1. The monoisotopic (exact) mass is 218 g/mol. The molecule has 0 amide bonds. The van der Waals surface area contributed by atoms with Crippen molar-refractivity contribution < 1.29 is 4.39 Å². The standard InChI is InChI=1S/C12H11FN2O/c13-9-3-1-2-7-11(9)15-10-4-5-14-6-8(10)12(7)16/h1-3,14H,4-6H2,(H,15,16). The average molecular weight is 218 g/mol. The van der Waals surface area contributed by atoms with E-state index in [1.165, 1.54) is 6.07 Å². The van der Waals surface area contributed by atoms with E-state index in [-0.39, 0.29) is 11.2 Å². The highest BCUT2D eigenvalue weighted by Crippen LogP contribution is 2.16. The number of rotatable bonds is 0. The van der Waals surface area contributed by atoms with Gasteiger partial charge in [0.2, 0.25) is 0 Å². The molecule has 1 aliphatic heterocycles. The number of nitrogens with one attached hydrogen (secondary N) is 2. The van der Waals surface area contributed by atoms with Crippen molar-refractivity contribution >= 4 is 10.9 Å². The maximum absolute atomic E-state index is 13.6. The Balaban J connectivity index is 2.44. The van der Waals surface area contributed by atoms with Crippen LogP contribution in [0.15, 0.2) is 23.0 Å². The Kier molecular flexibility index (Phi) is 2.04. The molecule has 3 nitrogen and oxygen atoms in total. The van der Waals surface area contributed by atoms with Crippen LogP contribution in [0.1, 0.15) is 11.3 Å². The average Bonchev–Trinajstić information content (AvgIpc) is 2.31. The van der Waals surface area contributed by atoms with Crippen LogP contribution in [0.4, 0.5) is 4.39 Å². The molecular formula is C12H11FN2O. The van der Waals surface area contributed by atoms with Gasteiger partial charge in [-0.3, -0.25) is 4.79 Å². The molecule has 0 atom stereocenters. The van der Waals surface area contributed by atoms with Crippen molar-refractivity contribution in [1.29, 1.82) is 0 Å². The van der Waals surface area contributed by atoms with E-state index in [1.807, 2.05) is 0 Å². The molecule has 0 saturated heterocycles. The van der Waals surface area contributed by atoms with Gasteiger partial charge in [0.25, 0.3) is 0 Å². The zero-order valence-electron chi connectivity index (χ0n) is 8.64. The molecular weight excluding hydrogens is 207 g/mol. The second-order valence-corrected chi connectivity index (χ2v) is 4.00. The fourth-order valence-electron chi connectivity index (χ4n) is 2.19. The number of hydrogen-bond donors (Lipinski definition) is 2. The van der Waals surface area contributed by atoms with Crippen LogP contribution in [-0.2, 0) is 13.0 Å². The number of H-pyrrole nitrogens is 1. The minimum absolute atomic E-state index is 0.0598. The molecule has 1 aromatic carbocycles. The van der Waals surface area contributed by atoms with E-state index in [1.54, 1.807) is 12.1 Å². The van der Waals surface area contributed by atoms with Gasteiger partial charge < -0.3 is 10.3 Å². The molecule has 0 fully saturated rings. The van der Waals surface area contributed by atoms with Crippen LogP contribution >= 0.6 is 0 Å². The molecule has 2 aromatic rings. The highest BCUT2D eigenvalue weighted by Gasteiger charge is 2.16. The third kappa shape index (κ3) is 1.27. The van der Waals surface area contributed by atoms with Crippen LogP contribution in [0.5, 0.6) is 0 Å². The number of pyridine rings is 1. The van der Waals surface area contributed by atoms with Crippen LogP contribution in [0, 0.1) is 5.82 Å². The Morgan fingerprint density at radius 3 is 3.06 bits per heavy atom. The first kappa shape index (κ1) is 9.54. The third-order valence-electron chi connectivity index (χ3n) is 3.03. The molecule has 3 rings (SSSR count). The third-order valence-corrected chi connectivity index (χ3v) is 3.03. The van der Waals surface area contributed by atoms with E-state index in [9.17, 15) is 9.18 Å². The van der Waals surface area contributed by atoms with Crippen molar-refractivity contribution in [3.63, 3.8) is 0 Å². The smallest absolute Gasteiger partial charge is 0.194 e. The summed E-state index contributed by atoms with van der Waals surface area (Å²) in [6.45, 7) is 1.39. The number of hydrogen-bond acceptors (Lipinski definition) is 2. The molecule has 1 aromatic heterocycles. The van der Waals surface area contributed by atoms with Crippen molar-refractivity contribution in [2.45, 2.75) is 13.0 Å². The lowest BCUT2D eigenvalue weighted by Crippen LogP contribution is -2.30. The molecule has 0 unspecified atom stereocenters. The van der Waals surface area contributed by atoms with Crippen LogP contribution in [0.2, 0.25) is 0 Å². The summed E-state index contributed by atoms with van der Waals surface area (Å²) in [4.78, 5) is 15.1. The normalized spacial score (nSPS) is 15.1. The first-order valence-corrected chi connectivity index (χ1v) is 5.30. The van der Waals surface area contributed by atoms with Crippen molar-refractivity contribution in [3.8, 4) is 0 Å². The Morgan fingerprint density at radius 1 is 1.31 bits per heavy atom. The van der Waals surface area contributed by atoms with Crippen molar-refractivity contribution in [2.24, 2.45) is 0 Å². The molecule has 4 heteroatoms. The van der Waals surface area contributed by atoms with E-state index in [0.29, 0.717) is 17.4 Å². The lowest BCUT2D eigenvalue weighted by molar-refractivity contribution is 0.619. The van der Waals surface area contributed by atoms with Crippen molar-refractivity contribution in [1.82, 2.24) is 10.3 Å². The van der Waals surface area contributed by atoms with Crippen LogP contribution in [-0.4, -0.2) is 11.5 Å². The zero-order chi connectivity index (χ0) is 11.1. The first-order chi connectivity index (χ1) is 7.77. The number of aromatic nitrogens is 1. The predicted octanol–water partition coefficient (Wildman–Crippen LogP) is 1.31. The van der Waals surface area contributed by atoms with Gasteiger partial charge in [-0.05, 0) is 12.1 Å². The number of fused-ring (bicyclic) bond motifs is 2. The van der Waals surface area contributed by atoms with Crippen LogP contribution in [0.25, 0.3) is 10.9 Å². The summed E-state index contributed by atoms with van der Waals surface area (Å²) >= 11 is 0. The van der Waals surface area contributed by atoms with E-state index >= 15 is 0 Å². The minimum atomic E-state index is -0.365. The van der Waals surface area contributed by atoms with Gasteiger partial charge in [0.05, 0.1) is 5.52 Å². The van der Waals surface area contributed by atoms with E-state index in [0.717, 1.165) is 24.2 Å². The molecule has 2 N–H and O–H groups in total. The molecule has 1 aliphatic rings. The molecule has 82 valence electrons. The Hall–Kier alpha value is -1.68. The maximum atomic E-state index is 13.6. The van der Waals surface area contributed by atoms with Gasteiger partial charge in [-0.1, -0.05) is 6.07 Å². The summed E-state index contributed by atoms with van der Waals surface area (Å²) < 4.78 is 13.6. The lowest BCUT2D eigenvalue weighted by atomic mass is 10.0. The molecule has 0 saturated carbocycles. The summed E-state index contributed by atoms with van der Waals surface area (Å²) in [5, 5.41) is 3.58. The Morgan fingerprint density at radius 2 is 2.19 bits per heavy atom. The second kappa shape index (κ2) is 3.42. The minimum Gasteiger partial charge on any atom is -0.355 e. The predicted molar refractivity (Wildman–Crippen MR) is 59.9 cm³/mol. The first-order valence-electron chi connectivity index (χ1n) is 5.30. The number of halogens is 1. The Bertz CT molecular complexity index is 618. The SMILES string of the molecule is O=c1c2c([nH]c3c(F)cccc13)CCNC2. The molecule has 2 heterocycles. The van der Waals surface area contributed by atoms with Crippen molar-refractivity contribution in [2.75, 3.05) is 6.54 Å². The molecule has 16 heavy (non-hydrogen) atoms. The van der Waals surface area contributed by atoms with Gasteiger partial charge in [-0.25, -0.2) is 4.39 Å². The number of benzene rings is 1. The summed E-state index contributed by atoms with van der Waals surface area (Å²) in [6.07, 6.45) is 0.745. The molecule has 0 aliphatic carbocycles. The molecule has 0 spiro atoms. The van der Waals surface area contributed by atoms with Gasteiger partial charge in [-0.2, -0.15) is 0 Å². The molecule has 0 bridgehead atoms. The van der Waals surface area contributed by atoms with Gasteiger partial charge in [0, 0.05) is 36.2 Å². The number of para-hydroxylation sites is 1. The fourth-order valence-corrected chi connectivity index (χ4v) is 2.19. The van der Waals surface area contributed by atoms with Crippen LogP contribution in [0.3, 0.4) is 0 Å². The quantitative estimate of drug-likeness (QED) is 0.700. The maximum Gasteiger partial charge on any atom is 0.194 e. The fraction of sp³-hybridized carbons (Fsp3) is 0.250. The second-order valence-electron chi connectivity index (χ2n) is 4.00. The highest BCUT2D eigenvalue weighted by molar-refractivity contribution is 5.80. The van der Waals surface area contributed by atoms with E-state index in [4.69, 9.17) is 0 Å². The van der Waals surface area contributed by atoms with Gasteiger partial charge in [0.15, 0.2) is 5.43 Å². The van der Waals surface area contributed by atoms with E-state index < -0.39 is 0 Å². The highest BCUT2D eigenvalue weighted by atomic mass is 19.1. The Labute approximate surface area is 91.3 Å².